The lowest BCUT2D eigenvalue weighted by molar-refractivity contribution is -0.119. The lowest BCUT2D eigenvalue weighted by Crippen LogP contribution is -2.02. The number of carbonyl (C=O) groups excluding carboxylic acids is 1. The molecule has 3 heteroatoms. The summed E-state index contributed by atoms with van der Waals surface area (Å²) < 4.78 is 10.4. The number of ketones is 1. The molecule has 0 unspecified atom stereocenters. The molecule has 0 saturated heterocycles. The first-order valence-corrected chi connectivity index (χ1v) is 7.96. The molecule has 0 spiro atoms. The first-order valence-electron chi connectivity index (χ1n) is 7.96. The lowest BCUT2D eigenvalue weighted by atomic mass is 10.0. The van der Waals surface area contributed by atoms with Gasteiger partial charge in [0.15, 0.2) is 0 Å². The van der Waals surface area contributed by atoms with E-state index in [1.807, 2.05) is 48.5 Å². The molecule has 2 aromatic rings. The summed E-state index contributed by atoms with van der Waals surface area (Å²) >= 11 is 0. The fourth-order valence-corrected chi connectivity index (χ4v) is 2.35. The minimum absolute atomic E-state index is 0.271. The van der Waals surface area contributed by atoms with Crippen molar-refractivity contribution in [1.29, 1.82) is 0 Å². The maximum Gasteiger partial charge on any atom is 0.133 e. The number of Topliss-reactive ketones (excluding diaryl/α,β-unsaturated/α-hetero) is 1. The Hall–Kier alpha value is -2.81. The molecule has 0 radical (unpaired) electrons. The normalized spacial score (nSPS) is 10.0. The third-order valence-corrected chi connectivity index (χ3v) is 3.67. The second-order valence-corrected chi connectivity index (χ2v) is 5.40. The van der Waals surface area contributed by atoms with Crippen molar-refractivity contribution in [3.8, 4) is 11.5 Å². The maximum absolute atomic E-state index is 12.1. The molecule has 0 atom stereocenters. The number of carbonyl (C=O) groups is 1. The van der Waals surface area contributed by atoms with Crippen molar-refractivity contribution in [3.63, 3.8) is 0 Å². The fraction of sp³-hybridized carbons (Fsp3) is 0.190. The molecule has 0 N–H and O–H groups in total. The molecule has 0 aromatic heterocycles. The van der Waals surface area contributed by atoms with Gasteiger partial charge in [0.05, 0.1) is 12.5 Å². The van der Waals surface area contributed by atoms with E-state index >= 15 is 0 Å². The van der Waals surface area contributed by atoms with E-state index < -0.39 is 0 Å². The molecule has 0 aliphatic carbocycles. The molecule has 0 amide bonds. The Labute approximate surface area is 143 Å². The van der Waals surface area contributed by atoms with Crippen LogP contribution in [0.3, 0.4) is 0 Å². The lowest BCUT2D eigenvalue weighted by Gasteiger charge is -2.05. The van der Waals surface area contributed by atoms with Gasteiger partial charge in [-0.1, -0.05) is 37.4 Å². The van der Waals surface area contributed by atoms with Crippen molar-refractivity contribution in [3.05, 3.63) is 85.3 Å². The van der Waals surface area contributed by atoms with E-state index in [-0.39, 0.29) is 5.78 Å². The fourth-order valence-electron chi connectivity index (χ4n) is 2.35. The van der Waals surface area contributed by atoms with Crippen molar-refractivity contribution in [2.75, 3.05) is 0 Å². The molecule has 2 rings (SSSR count). The number of aryl methyl sites for hydroxylation is 2. The highest BCUT2D eigenvalue weighted by atomic mass is 16.5. The number of hydrogen-bond donors (Lipinski definition) is 0. The molecule has 0 saturated carbocycles. The van der Waals surface area contributed by atoms with Gasteiger partial charge in [-0.2, -0.15) is 0 Å². The summed E-state index contributed by atoms with van der Waals surface area (Å²) in [7, 11) is 0. The van der Waals surface area contributed by atoms with E-state index in [0.717, 1.165) is 35.5 Å². The van der Waals surface area contributed by atoms with Gasteiger partial charge < -0.3 is 9.47 Å². The van der Waals surface area contributed by atoms with Crippen LogP contribution in [-0.4, -0.2) is 5.78 Å². The standard InChI is InChI=1S/C21H22O3/c1-3-23-20-13-7-17(8-14-20)5-11-19(22)12-6-18-9-15-21(16-10-18)24-4-2/h3-4,7-10,13-16H,1-2,5-6,11-12H2. The smallest absolute Gasteiger partial charge is 0.133 e. The summed E-state index contributed by atoms with van der Waals surface area (Å²) in [5.74, 6) is 1.78. The van der Waals surface area contributed by atoms with E-state index in [1.54, 1.807) is 0 Å². The topological polar surface area (TPSA) is 35.5 Å². The van der Waals surface area contributed by atoms with E-state index in [2.05, 4.69) is 13.2 Å². The zero-order valence-corrected chi connectivity index (χ0v) is 13.7. The minimum atomic E-state index is 0.271. The van der Waals surface area contributed by atoms with E-state index in [1.165, 1.54) is 12.5 Å². The van der Waals surface area contributed by atoms with Crippen LogP contribution in [0.4, 0.5) is 0 Å². The first kappa shape index (κ1) is 17.5. The van der Waals surface area contributed by atoms with Crippen LogP contribution in [0.5, 0.6) is 11.5 Å². The van der Waals surface area contributed by atoms with Gasteiger partial charge in [0.1, 0.15) is 17.3 Å². The summed E-state index contributed by atoms with van der Waals surface area (Å²) in [6.45, 7) is 7.04. The van der Waals surface area contributed by atoms with Crippen molar-refractivity contribution >= 4 is 5.78 Å². The number of rotatable bonds is 10. The van der Waals surface area contributed by atoms with Crippen LogP contribution in [0.15, 0.2) is 74.2 Å². The number of ether oxygens (including phenoxy) is 2. The Balaban J connectivity index is 1.74. The first-order chi connectivity index (χ1) is 11.7. The van der Waals surface area contributed by atoms with Crippen LogP contribution in [0.1, 0.15) is 24.0 Å². The third kappa shape index (κ3) is 5.76. The van der Waals surface area contributed by atoms with Crippen LogP contribution in [0, 0.1) is 0 Å². The summed E-state index contributed by atoms with van der Waals surface area (Å²) in [6, 6.07) is 15.4. The largest absolute Gasteiger partial charge is 0.466 e. The zero-order valence-electron chi connectivity index (χ0n) is 13.7. The highest BCUT2D eigenvalue weighted by Gasteiger charge is 2.04. The molecule has 0 bridgehead atoms. The molecule has 124 valence electrons. The second-order valence-electron chi connectivity index (χ2n) is 5.40. The molecule has 0 fully saturated rings. The Morgan fingerprint density at radius 1 is 0.750 bits per heavy atom. The van der Waals surface area contributed by atoms with Crippen LogP contribution < -0.4 is 9.47 Å². The monoisotopic (exact) mass is 322 g/mol. The predicted molar refractivity (Wildman–Crippen MR) is 96.2 cm³/mol. The van der Waals surface area contributed by atoms with Crippen LogP contribution in [0.2, 0.25) is 0 Å². The summed E-state index contributed by atoms with van der Waals surface area (Å²) in [6.07, 6.45) is 5.40. The molecule has 0 aliphatic rings. The number of benzene rings is 2. The quantitative estimate of drug-likeness (QED) is 0.586. The molecular formula is C21H22O3. The van der Waals surface area contributed by atoms with E-state index in [9.17, 15) is 4.79 Å². The Morgan fingerprint density at radius 3 is 1.46 bits per heavy atom. The highest BCUT2D eigenvalue weighted by Crippen LogP contribution is 2.16. The molecular weight excluding hydrogens is 300 g/mol. The van der Waals surface area contributed by atoms with Crippen molar-refractivity contribution in [2.45, 2.75) is 25.7 Å². The SMILES string of the molecule is C=COc1ccc(CCC(=O)CCc2ccc(OC=C)cc2)cc1. The van der Waals surface area contributed by atoms with Gasteiger partial charge in [0, 0.05) is 12.8 Å². The van der Waals surface area contributed by atoms with Crippen LogP contribution in [-0.2, 0) is 17.6 Å². The van der Waals surface area contributed by atoms with Gasteiger partial charge in [-0.15, -0.1) is 0 Å². The molecule has 0 heterocycles. The highest BCUT2D eigenvalue weighted by molar-refractivity contribution is 5.78. The zero-order chi connectivity index (χ0) is 17.2. The van der Waals surface area contributed by atoms with Gasteiger partial charge >= 0.3 is 0 Å². The Kier molecular flexibility index (Phi) is 6.84. The van der Waals surface area contributed by atoms with Crippen LogP contribution in [0.25, 0.3) is 0 Å². The van der Waals surface area contributed by atoms with Crippen molar-refractivity contribution < 1.29 is 14.3 Å². The van der Waals surface area contributed by atoms with Gasteiger partial charge in [-0.3, -0.25) is 4.79 Å². The predicted octanol–water partition coefficient (Wildman–Crippen LogP) is 4.87. The molecule has 3 nitrogen and oxygen atoms in total. The van der Waals surface area contributed by atoms with E-state index in [0.29, 0.717) is 12.8 Å². The minimum Gasteiger partial charge on any atom is -0.466 e. The van der Waals surface area contributed by atoms with Crippen molar-refractivity contribution in [2.24, 2.45) is 0 Å². The second kappa shape index (κ2) is 9.36. The Morgan fingerprint density at radius 2 is 1.12 bits per heavy atom. The van der Waals surface area contributed by atoms with Crippen molar-refractivity contribution in [1.82, 2.24) is 0 Å². The average molecular weight is 322 g/mol. The van der Waals surface area contributed by atoms with Gasteiger partial charge in [0.25, 0.3) is 0 Å². The summed E-state index contributed by atoms with van der Waals surface area (Å²) in [5, 5.41) is 0. The van der Waals surface area contributed by atoms with E-state index in [4.69, 9.17) is 9.47 Å². The van der Waals surface area contributed by atoms with Crippen LogP contribution >= 0.6 is 0 Å². The molecule has 24 heavy (non-hydrogen) atoms. The Bertz CT molecular complexity index is 610. The summed E-state index contributed by atoms with van der Waals surface area (Å²) in [4.78, 5) is 12.1. The number of hydrogen-bond acceptors (Lipinski definition) is 3. The maximum atomic E-state index is 12.1. The van der Waals surface area contributed by atoms with Gasteiger partial charge in [-0.05, 0) is 48.2 Å². The third-order valence-electron chi connectivity index (χ3n) is 3.67. The van der Waals surface area contributed by atoms with Gasteiger partial charge in [-0.25, -0.2) is 0 Å². The van der Waals surface area contributed by atoms with Gasteiger partial charge in [0.2, 0.25) is 0 Å². The average Bonchev–Trinajstić information content (AvgIpc) is 2.61. The molecule has 0 aliphatic heterocycles. The summed E-state index contributed by atoms with van der Waals surface area (Å²) in [5.41, 5.74) is 2.26. The molecule has 2 aromatic carbocycles.